The van der Waals surface area contributed by atoms with Crippen molar-refractivity contribution in [3.8, 4) is 11.5 Å². The largest absolute Gasteiger partial charge is 0.504 e. The van der Waals surface area contributed by atoms with E-state index >= 15 is 0 Å². The number of hydrogen-bond acceptors (Lipinski definition) is 4. The second-order valence-electron chi connectivity index (χ2n) is 3.39. The Balaban J connectivity index is 0.000000171. The van der Waals surface area contributed by atoms with Crippen LogP contribution in [-0.4, -0.2) is 47.8 Å². The third kappa shape index (κ3) is 4.69. The van der Waals surface area contributed by atoms with Gasteiger partial charge in [0.05, 0.1) is 13.2 Å². The summed E-state index contributed by atoms with van der Waals surface area (Å²) in [6.07, 6.45) is 0.864. The van der Waals surface area contributed by atoms with Crippen LogP contribution in [0.15, 0.2) is 18.2 Å². The predicted octanol–water partition coefficient (Wildman–Crippen LogP) is 0.712. The topological polar surface area (TPSA) is 70.0 Å². The lowest BCUT2D eigenvalue weighted by Gasteiger charge is -2.21. The van der Waals surface area contributed by atoms with E-state index in [0.717, 1.165) is 37.7 Å². The third-order valence-corrected chi connectivity index (χ3v) is 2.13. The van der Waals surface area contributed by atoms with Gasteiger partial charge in [0.1, 0.15) is 5.82 Å². The van der Waals surface area contributed by atoms with E-state index in [4.69, 9.17) is 14.9 Å². The van der Waals surface area contributed by atoms with E-state index in [0.29, 0.717) is 13.2 Å². The van der Waals surface area contributed by atoms with Gasteiger partial charge in [-0.25, -0.2) is 4.39 Å². The number of aromatic hydroxyl groups is 2. The molecule has 1 aromatic carbocycles. The maximum Gasteiger partial charge on any atom is 0.209 e. The molecular weight excluding hydrogens is 229 g/mol. The molecule has 6 heteroatoms. The van der Waals surface area contributed by atoms with Crippen molar-refractivity contribution >= 4 is 6.41 Å². The smallest absolute Gasteiger partial charge is 0.209 e. The second kappa shape index (κ2) is 6.70. The lowest BCUT2D eigenvalue weighted by Crippen LogP contribution is -2.34. The van der Waals surface area contributed by atoms with Crippen LogP contribution in [0.2, 0.25) is 0 Å². The van der Waals surface area contributed by atoms with Gasteiger partial charge in [-0.05, 0) is 12.1 Å². The standard InChI is InChI=1S/C6H5FO2.C5H9NO2/c7-4-1-2-5(8)6(9)3-4;7-5-6-1-3-8-4-2-6/h1-3,8-9H;5H,1-4H2. The molecule has 0 aromatic heterocycles. The number of carbonyl (C=O) groups excluding carboxylic acids is 1. The van der Waals surface area contributed by atoms with Crippen LogP contribution >= 0.6 is 0 Å². The number of nitrogens with zero attached hydrogens (tertiary/aromatic N) is 1. The van der Waals surface area contributed by atoms with Gasteiger partial charge in [0.15, 0.2) is 11.5 Å². The van der Waals surface area contributed by atoms with E-state index in [-0.39, 0.29) is 5.75 Å². The van der Waals surface area contributed by atoms with Crippen molar-refractivity contribution in [2.24, 2.45) is 0 Å². The lowest BCUT2D eigenvalue weighted by atomic mass is 10.3. The number of halogens is 1. The number of carbonyl (C=O) groups is 1. The molecule has 0 bridgehead atoms. The van der Waals surface area contributed by atoms with Crippen molar-refractivity contribution < 1.29 is 24.1 Å². The van der Waals surface area contributed by atoms with Gasteiger partial charge >= 0.3 is 0 Å². The first-order chi connectivity index (χ1) is 8.13. The summed E-state index contributed by atoms with van der Waals surface area (Å²) in [5, 5.41) is 17.2. The average molecular weight is 243 g/mol. The average Bonchev–Trinajstić information content (AvgIpc) is 2.36. The Labute approximate surface area is 98.0 Å². The van der Waals surface area contributed by atoms with Crippen LogP contribution in [-0.2, 0) is 9.53 Å². The predicted molar refractivity (Wildman–Crippen MR) is 58.2 cm³/mol. The summed E-state index contributed by atoms with van der Waals surface area (Å²) in [5.41, 5.74) is 0. The summed E-state index contributed by atoms with van der Waals surface area (Å²) in [5.74, 6) is -1.31. The number of benzene rings is 1. The number of amides is 1. The van der Waals surface area contributed by atoms with Gasteiger partial charge in [0.2, 0.25) is 6.41 Å². The van der Waals surface area contributed by atoms with Gasteiger partial charge in [-0.3, -0.25) is 4.79 Å². The first-order valence-corrected chi connectivity index (χ1v) is 5.08. The second-order valence-corrected chi connectivity index (χ2v) is 3.39. The molecule has 1 fully saturated rings. The van der Waals surface area contributed by atoms with E-state index < -0.39 is 11.6 Å². The number of phenols is 2. The SMILES string of the molecule is O=CN1CCOCC1.Oc1ccc(F)cc1O. The zero-order valence-electron chi connectivity index (χ0n) is 9.17. The molecule has 1 saturated heterocycles. The lowest BCUT2D eigenvalue weighted by molar-refractivity contribution is -0.121. The van der Waals surface area contributed by atoms with Crippen LogP contribution in [0.5, 0.6) is 11.5 Å². The zero-order valence-corrected chi connectivity index (χ0v) is 9.17. The molecule has 0 aliphatic carbocycles. The number of ether oxygens (including phenoxy) is 1. The fraction of sp³-hybridized carbons (Fsp3) is 0.364. The summed E-state index contributed by atoms with van der Waals surface area (Å²) in [6, 6.07) is 3.00. The minimum atomic E-state index is -0.565. The van der Waals surface area contributed by atoms with E-state index in [1.165, 1.54) is 0 Å². The van der Waals surface area contributed by atoms with Crippen LogP contribution in [0, 0.1) is 5.82 Å². The summed E-state index contributed by atoms with van der Waals surface area (Å²) in [7, 11) is 0. The summed E-state index contributed by atoms with van der Waals surface area (Å²) in [4.78, 5) is 11.7. The Bertz CT molecular complexity index is 366. The summed E-state index contributed by atoms with van der Waals surface area (Å²) < 4.78 is 17.1. The van der Waals surface area contributed by atoms with Crippen LogP contribution in [0.25, 0.3) is 0 Å². The maximum atomic E-state index is 12.1. The van der Waals surface area contributed by atoms with Crippen LogP contribution in [0.1, 0.15) is 0 Å². The highest BCUT2D eigenvalue weighted by molar-refractivity contribution is 5.46. The molecule has 1 amide bonds. The molecule has 0 radical (unpaired) electrons. The minimum absolute atomic E-state index is 0.309. The van der Waals surface area contributed by atoms with Crippen molar-refractivity contribution in [1.82, 2.24) is 4.90 Å². The van der Waals surface area contributed by atoms with Crippen molar-refractivity contribution in [2.45, 2.75) is 0 Å². The number of phenolic OH excluding ortho intramolecular Hbond substituents is 2. The summed E-state index contributed by atoms with van der Waals surface area (Å²) >= 11 is 0. The number of rotatable bonds is 1. The van der Waals surface area contributed by atoms with Gasteiger partial charge in [-0.15, -0.1) is 0 Å². The van der Waals surface area contributed by atoms with Gasteiger partial charge < -0.3 is 19.8 Å². The van der Waals surface area contributed by atoms with E-state index in [1.807, 2.05) is 0 Å². The molecule has 1 aliphatic rings. The monoisotopic (exact) mass is 243 g/mol. The third-order valence-electron chi connectivity index (χ3n) is 2.13. The van der Waals surface area contributed by atoms with Crippen molar-refractivity contribution in [3.05, 3.63) is 24.0 Å². The maximum absolute atomic E-state index is 12.1. The molecule has 2 rings (SSSR count). The Morgan fingerprint density at radius 2 is 1.88 bits per heavy atom. The molecule has 0 unspecified atom stereocenters. The van der Waals surface area contributed by atoms with E-state index in [2.05, 4.69) is 0 Å². The van der Waals surface area contributed by atoms with E-state index in [9.17, 15) is 9.18 Å². The van der Waals surface area contributed by atoms with Gasteiger partial charge in [-0.1, -0.05) is 0 Å². The Kier molecular flexibility index (Phi) is 5.22. The molecule has 1 aliphatic heterocycles. The first kappa shape index (κ1) is 13.2. The molecule has 0 spiro atoms. The molecule has 1 heterocycles. The highest BCUT2D eigenvalue weighted by atomic mass is 19.1. The zero-order chi connectivity index (χ0) is 12.7. The number of hydrogen-bond donors (Lipinski definition) is 2. The van der Waals surface area contributed by atoms with Crippen molar-refractivity contribution in [2.75, 3.05) is 26.3 Å². The molecule has 17 heavy (non-hydrogen) atoms. The van der Waals surface area contributed by atoms with Crippen molar-refractivity contribution in [3.63, 3.8) is 0 Å². The minimum Gasteiger partial charge on any atom is -0.504 e. The highest BCUT2D eigenvalue weighted by Crippen LogP contribution is 2.23. The quantitative estimate of drug-likeness (QED) is 0.563. The fourth-order valence-corrected chi connectivity index (χ4v) is 1.18. The van der Waals surface area contributed by atoms with E-state index in [1.54, 1.807) is 4.90 Å². The molecule has 94 valence electrons. The Morgan fingerprint density at radius 1 is 1.24 bits per heavy atom. The molecular formula is C11H14FNO4. The molecule has 5 nitrogen and oxygen atoms in total. The number of morpholine rings is 1. The fourth-order valence-electron chi connectivity index (χ4n) is 1.18. The van der Waals surface area contributed by atoms with Crippen molar-refractivity contribution in [1.29, 1.82) is 0 Å². The Morgan fingerprint density at radius 3 is 2.29 bits per heavy atom. The Hall–Kier alpha value is -1.82. The molecule has 1 aromatic rings. The van der Waals surface area contributed by atoms with Gasteiger partial charge in [0, 0.05) is 19.2 Å². The highest BCUT2D eigenvalue weighted by Gasteiger charge is 2.05. The van der Waals surface area contributed by atoms with Crippen LogP contribution in [0.3, 0.4) is 0 Å². The van der Waals surface area contributed by atoms with Gasteiger partial charge in [0.25, 0.3) is 0 Å². The first-order valence-electron chi connectivity index (χ1n) is 5.08. The van der Waals surface area contributed by atoms with Gasteiger partial charge in [-0.2, -0.15) is 0 Å². The van der Waals surface area contributed by atoms with Crippen LogP contribution in [0.4, 0.5) is 4.39 Å². The van der Waals surface area contributed by atoms with Crippen LogP contribution < -0.4 is 0 Å². The molecule has 0 saturated carbocycles. The summed E-state index contributed by atoms with van der Waals surface area (Å²) in [6.45, 7) is 2.89. The molecule has 2 N–H and O–H groups in total. The molecule has 0 atom stereocenters. The normalized spacial score (nSPS) is 14.8.